The highest BCUT2D eigenvalue weighted by molar-refractivity contribution is 7.59. The minimum atomic E-state index is -0.308. The summed E-state index contributed by atoms with van der Waals surface area (Å²) in [6.45, 7) is 4.55. The second kappa shape index (κ2) is 13.6. The number of rotatable bonds is 10. The van der Waals surface area contributed by atoms with Crippen molar-refractivity contribution < 1.29 is 9.53 Å². The van der Waals surface area contributed by atoms with Crippen LogP contribution in [0.15, 0.2) is 61.3 Å². The molecule has 0 aliphatic carbocycles. The van der Waals surface area contributed by atoms with Crippen molar-refractivity contribution in [3.8, 4) is 5.82 Å². The summed E-state index contributed by atoms with van der Waals surface area (Å²) in [7, 11) is 0. The van der Waals surface area contributed by atoms with Gasteiger partial charge in [-0.15, -0.1) is 0 Å². The Hall–Kier alpha value is -3.38. The van der Waals surface area contributed by atoms with Crippen LogP contribution in [0.2, 0.25) is 5.02 Å². The number of amides is 1. The number of nitrogens with zero attached hydrogens (tertiary/aromatic N) is 4. The van der Waals surface area contributed by atoms with E-state index in [4.69, 9.17) is 21.3 Å². The Morgan fingerprint density at radius 3 is 2.85 bits per heavy atom. The summed E-state index contributed by atoms with van der Waals surface area (Å²) in [5, 5.41) is 10.5. The lowest BCUT2D eigenvalue weighted by Gasteiger charge is -2.23. The molecule has 1 aromatic carbocycles. The van der Waals surface area contributed by atoms with Crippen LogP contribution in [0.1, 0.15) is 46.2 Å². The van der Waals surface area contributed by atoms with Gasteiger partial charge in [0.1, 0.15) is 17.8 Å². The number of H-pyrrole nitrogens is 1. The van der Waals surface area contributed by atoms with Crippen molar-refractivity contribution in [3.63, 3.8) is 0 Å². The fraction of sp³-hybridized carbons (Fsp3) is 0.333. The summed E-state index contributed by atoms with van der Waals surface area (Å²) in [6, 6.07) is 11.4. The first-order valence-corrected chi connectivity index (χ1v) is 13.0. The first-order chi connectivity index (χ1) is 18.5. The number of hydrogen-bond donors (Lipinski definition) is 4. The van der Waals surface area contributed by atoms with Crippen molar-refractivity contribution in [2.45, 2.75) is 38.4 Å². The highest BCUT2D eigenvalue weighted by atomic mass is 35.5. The summed E-state index contributed by atoms with van der Waals surface area (Å²) < 4.78 is 7.18. The van der Waals surface area contributed by atoms with Gasteiger partial charge in [-0.1, -0.05) is 23.7 Å². The van der Waals surface area contributed by atoms with Crippen molar-refractivity contribution >= 4 is 37.0 Å². The largest absolute Gasteiger partial charge is 0.381 e. The van der Waals surface area contributed by atoms with E-state index in [1.807, 2.05) is 49.5 Å². The number of imidazole rings is 1. The lowest BCUT2D eigenvalue weighted by Crippen LogP contribution is -2.35. The summed E-state index contributed by atoms with van der Waals surface area (Å²) in [4.78, 5) is 29.9. The van der Waals surface area contributed by atoms with Crippen LogP contribution < -0.4 is 16.0 Å². The van der Waals surface area contributed by atoms with Crippen LogP contribution in [0.3, 0.4) is 0 Å². The molecule has 0 radical (unpaired) electrons. The maximum Gasteiger partial charge on any atom is 0.272 e. The van der Waals surface area contributed by atoms with Crippen LogP contribution in [0.5, 0.6) is 0 Å². The number of benzene rings is 1. The molecule has 4 aromatic rings. The van der Waals surface area contributed by atoms with E-state index < -0.39 is 0 Å². The van der Waals surface area contributed by atoms with Crippen molar-refractivity contribution in [1.82, 2.24) is 35.1 Å². The van der Waals surface area contributed by atoms with Gasteiger partial charge in [0.25, 0.3) is 5.91 Å². The van der Waals surface area contributed by atoms with E-state index in [9.17, 15) is 4.79 Å². The van der Waals surface area contributed by atoms with Gasteiger partial charge in [-0.05, 0) is 49.6 Å². The Morgan fingerprint density at radius 2 is 2.08 bits per heavy atom. The SMILES string of the molecule is Cc1cnc(NC2CCOCC2)nc1-n1cnc(C(=O)N[C@H](CNCc2ccc[nH]2)c2cccc(Cl)c2)c1.S. The number of carbonyl (C=O) groups is 1. The molecule has 0 bridgehead atoms. The number of aryl methyl sites for hydroxylation is 1. The summed E-state index contributed by atoms with van der Waals surface area (Å²) in [5.74, 6) is 0.925. The Morgan fingerprint density at radius 1 is 1.23 bits per heavy atom. The number of ether oxygens (including phenoxy) is 1. The van der Waals surface area contributed by atoms with Crippen molar-refractivity contribution in [2.75, 3.05) is 25.1 Å². The zero-order chi connectivity index (χ0) is 26.3. The van der Waals surface area contributed by atoms with E-state index in [2.05, 4.69) is 30.9 Å². The third-order valence-corrected chi connectivity index (χ3v) is 6.68. The predicted octanol–water partition coefficient (Wildman–Crippen LogP) is 3.92. The second-order valence-corrected chi connectivity index (χ2v) is 9.74. The average molecular weight is 569 g/mol. The number of halogens is 1. The van der Waals surface area contributed by atoms with Crippen LogP contribution in [0.25, 0.3) is 5.82 Å². The smallest absolute Gasteiger partial charge is 0.272 e. The van der Waals surface area contributed by atoms with Crippen LogP contribution >= 0.6 is 25.1 Å². The molecule has 5 rings (SSSR count). The van der Waals surface area contributed by atoms with E-state index in [0.717, 1.165) is 42.9 Å². The quantitative estimate of drug-likeness (QED) is 0.229. The molecule has 1 fully saturated rings. The monoisotopic (exact) mass is 568 g/mol. The van der Waals surface area contributed by atoms with Gasteiger partial charge in [-0.2, -0.15) is 18.5 Å². The zero-order valence-electron chi connectivity index (χ0n) is 21.7. The number of nitrogens with one attached hydrogen (secondary N) is 4. The molecule has 3 aromatic heterocycles. The maximum atomic E-state index is 13.3. The number of aromatic amines is 1. The highest BCUT2D eigenvalue weighted by Gasteiger charge is 2.20. The molecule has 206 valence electrons. The van der Waals surface area contributed by atoms with Gasteiger partial charge in [0.05, 0.1) is 6.04 Å². The van der Waals surface area contributed by atoms with E-state index in [1.54, 1.807) is 23.3 Å². The van der Waals surface area contributed by atoms with Gasteiger partial charge in [0.2, 0.25) is 5.95 Å². The van der Waals surface area contributed by atoms with E-state index in [-0.39, 0.29) is 31.5 Å². The Balaban J connectivity index is 0.00000353. The first kappa shape index (κ1) is 28.6. The topological polar surface area (TPSA) is 122 Å². The molecule has 4 heterocycles. The molecule has 12 heteroatoms. The van der Waals surface area contributed by atoms with Gasteiger partial charge in [0.15, 0.2) is 0 Å². The van der Waals surface area contributed by atoms with Gasteiger partial charge in [-0.25, -0.2) is 9.97 Å². The molecule has 1 aliphatic rings. The third-order valence-electron chi connectivity index (χ3n) is 6.44. The minimum Gasteiger partial charge on any atom is -0.381 e. The molecule has 1 aliphatic heterocycles. The third kappa shape index (κ3) is 7.60. The number of anilines is 1. The van der Waals surface area contributed by atoms with Crippen molar-refractivity contribution in [3.05, 3.63) is 88.9 Å². The fourth-order valence-corrected chi connectivity index (χ4v) is 4.58. The van der Waals surface area contributed by atoms with Gasteiger partial charge < -0.3 is 25.7 Å². The van der Waals surface area contributed by atoms with Gasteiger partial charge in [-0.3, -0.25) is 9.36 Å². The molecule has 1 amide bonds. The molecule has 39 heavy (non-hydrogen) atoms. The Bertz CT molecular complexity index is 1360. The molecule has 0 spiro atoms. The van der Waals surface area contributed by atoms with Crippen LogP contribution in [-0.4, -0.2) is 56.2 Å². The molecule has 4 N–H and O–H groups in total. The Labute approximate surface area is 239 Å². The molecular weight excluding hydrogens is 536 g/mol. The molecule has 0 unspecified atom stereocenters. The molecule has 10 nitrogen and oxygen atoms in total. The number of hydrogen-bond acceptors (Lipinski definition) is 7. The lowest BCUT2D eigenvalue weighted by atomic mass is 10.1. The maximum absolute atomic E-state index is 13.3. The van der Waals surface area contributed by atoms with Crippen molar-refractivity contribution in [1.29, 1.82) is 0 Å². The summed E-state index contributed by atoms with van der Waals surface area (Å²) in [6.07, 6.45) is 8.76. The van der Waals surface area contributed by atoms with Crippen LogP contribution in [-0.2, 0) is 11.3 Å². The minimum absolute atomic E-state index is 0. The highest BCUT2D eigenvalue weighted by Crippen LogP contribution is 2.19. The van der Waals surface area contributed by atoms with Crippen LogP contribution in [0.4, 0.5) is 5.95 Å². The average Bonchev–Trinajstić information content (AvgIpc) is 3.63. The molecule has 1 atom stereocenters. The first-order valence-electron chi connectivity index (χ1n) is 12.7. The van der Waals surface area contributed by atoms with Crippen LogP contribution in [0, 0.1) is 6.92 Å². The van der Waals surface area contributed by atoms with Gasteiger partial charge >= 0.3 is 0 Å². The number of carbonyl (C=O) groups excluding carboxylic acids is 1. The fourth-order valence-electron chi connectivity index (χ4n) is 4.38. The van der Waals surface area contributed by atoms with E-state index >= 15 is 0 Å². The molecule has 0 saturated carbocycles. The predicted molar refractivity (Wildman–Crippen MR) is 156 cm³/mol. The van der Waals surface area contributed by atoms with E-state index in [0.29, 0.717) is 35.6 Å². The van der Waals surface area contributed by atoms with E-state index in [1.165, 1.54) is 0 Å². The normalized spacial score (nSPS) is 14.4. The zero-order valence-corrected chi connectivity index (χ0v) is 23.4. The lowest BCUT2D eigenvalue weighted by molar-refractivity contribution is 0.0903. The number of aromatic nitrogens is 5. The van der Waals surface area contributed by atoms with Crippen molar-refractivity contribution in [2.24, 2.45) is 0 Å². The molecular formula is C27H33ClN8O2S. The summed E-state index contributed by atoms with van der Waals surface area (Å²) >= 11 is 6.24. The molecule has 1 saturated heterocycles. The summed E-state index contributed by atoms with van der Waals surface area (Å²) in [5.41, 5.74) is 3.13. The Kier molecular flexibility index (Phi) is 9.99. The standard InChI is InChI=1S/C27H31ClN8O2.H2S/c1-18-13-31-27(33-21-7-10-38-11-8-21)35-25(18)36-16-24(32-17-36)26(37)34-23(19-4-2-5-20(28)12-19)15-29-14-22-6-3-9-30-22;/h2-6,9,12-13,16-17,21,23,29-30H,7-8,10-11,14-15H2,1H3,(H,34,37)(H,31,33,35);1H2/t23-;/m1./s1. The second-order valence-electron chi connectivity index (χ2n) is 9.30. The van der Waals surface area contributed by atoms with Gasteiger partial charge in [0, 0.05) is 67.2 Å².